The fourth-order valence-corrected chi connectivity index (χ4v) is 3.04. The molecule has 0 unspecified atom stereocenters. The molecule has 2 aromatic rings. The van der Waals surface area contributed by atoms with Crippen LogP contribution in [0.1, 0.15) is 0 Å². The maximum atomic E-state index is 12.5. The summed E-state index contributed by atoms with van der Waals surface area (Å²) >= 11 is 1.49. The van der Waals surface area contributed by atoms with Crippen molar-refractivity contribution in [2.24, 2.45) is 0 Å². The van der Waals surface area contributed by atoms with E-state index in [2.05, 4.69) is 14.6 Å². The van der Waals surface area contributed by atoms with E-state index >= 15 is 0 Å². The molecule has 112 valence electrons. The van der Waals surface area contributed by atoms with Gasteiger partial charge in [-0.3, -0.25) is 0 Å². The third-order valence-corrected chi connectivity index (χ3v) is 4.05. The van der Waals surface area contributed by atoms with Gasteiger partial charge in [-0.2, -0.15) is 8.78 Å². The van der Waals surface area contributed by atoms with Crippen LogP contribution in [0.2, 0.25) is 0 Å². The maximum absolute atomic E-state index is 12.5. The van der Waals surface area contributed by atoms with Crippen LogP contribution in [0.3, 0.4) is 0 Å². The van der Waals surface area contributed by atoms with E-state index in [1.165, 1.54) is 17.4 Å². The number of alkyl halides is 2. The molecule has 0 spiro atoms. The zero-order valence-electron chi connectivity index (χ0n) is 11.2. The number of anilines is 1. The van der Waals surface area contributed by atoms with Crippen molar-refractivity contribution in [2.75, 3.05) is 31.2 Å². The van der Waals surface area contributed by atoms with Crippen molar-refractivity contribution in [3.8, 4) is 17.0 Å². The van der Waals surface area contributed by atoms with Crippen molar-refractivity contribution in [1.82, 2.24) is 4.98 Å². The molecule has 0 radical (unpaired) electrons. The normalized spacial score (nSPS) is 15.5. The van der Waals surface area contributed by atoms with Gasteiger partial charge in [0.25, 0.3) is 0 Å². The Morgan fingerprint density at radius 3 is 2.76 bits per heavy atom. The largest absolute Gasteiger partial charge is 0.434 e. The molecule has 1 fully saturated rings. The van der Waals surface area contributed by atoms with E-state index in [9.17, 15) is 8.78 Å². The van der Waals surface area contributed by atoms with Crippen LogP contribution in [0.5, 0.6) is 5.75 Å². The molecule has 4 nitrogen and oxygen atoms in total. The molecule has 1 aliphatic rings. The molecule has 1 aromatic carbocycles. The number of benzene rings is 1. The molecule has 0 aliphatic carbocycles. The molecule has 0 amide bonds. The first-order valence-corrected chi connectivity index (χ1v) is 7.44. The Kier molecular flexibility index (Phi) is 4.31. The van der Waals surface area contributed by atoms with Crippen molar-refractivity contribution in [1.29, 1.82) is 0 Å². The van der Waals surface area contributed by atoms with Crippen molar-refractivity contribution in [3.63, 3.8) is 0 Å². The number of nitrogens with zero attached hydrogens (tertiary/aromatic N) is 2. The highest BCUT2D eigenvalue weighted by Crippen LogP contribution is 2.34. The summed E-state index contributed by atoms with van der Waals surface area (Å²) in [7, 11) is 0. The second-order valence-electron chi connectivity index (χ2n) is 4.49. The molecular formula is C14H14F2N2O2S. The molecule has 2 heterocycles. The van der Waals surface area contributed by atoms with Crippen molar-refractivity contribution < 1.29 is 18.3 Å². The summed E-state index contributed by atoms with van der Waals surface area (Å²) in [6.45, 7) is 0.105. The molecule has 0 N–H and O–H groups in total. The summed E-state index contributed by atoms with van der Waals surface area (Å²) in [4.78, 5) is 6.67. The lowest BCUT2D eigenvalue weighted by Gasteiger charge is -2.26. The molecule has 1 aliphatic heterocycles. The molecular weight excluding hydrogens is 298 g/mol. The second kappa shape index (κ2) is 6.36. The number of hydrogen-bond acceptors (Lipinski definition) is 5. The highest BCUT2D eigenvalue weighted by atomic mass is 32.1. The first kappa shape index (κ1) is 14.2. The number of rotatable bonds is 4. The molecule has 0 atom stereocenters. The SMILES string of the molecule is FC(F)Oc1ccccc1-c1csc(N2CCOCC2)n1. The smallest absolute Gasteiger partial charge is 0.387 e. The van der Waals surface area contributed by atoms with Crippen LogP contribution < -0.4 is 9.64 Å². The van der Waals surface area contributed by atoms with Crippen molar-refractivity contribution >= 4 is 16.5 Å². The standard InChI is InChI=1S/C14H14F2N2O2S/c15-13(16)20-12-4-2-1-3-10(12)11-9-21-14(17-11)18-5-7-19-8-6-18/h1-4,9,13H,5-8H2. The lowest BCUT2D eigenvalue weighted by molar-refractivity contribution is -0.0494. The van der Waals surface area contributed by atoms with Gasteiger partial charge in [0.15, 0.2) is 5.13 Å². The molecule has 0 saturated carbocycles. The van der Waals surface area contributed by atoms with Crippen molar-refractivity contribution in [2.45, 2.75) is 6.61 Å². The fraction of sp³-hybridized carbons (Fsp3) is 0.357. The van der Waals surface area contributed by atoms with E-state index < -0.39 is 6.61 Å². The van der Waals surface area contributed by atoms with E-state index in [0.717, 1.165) is 18.2 Å². The predicted octanol–water partition coefficient (Wildman–Crippen LogP) is 3.25. The highest BCUT2D eigenvalue weighted by molar-refractivity contribution is 7.14. The van der Waals surface area contributed by atoms with Gasteiger partial charge in [-0.25, -0.2) is 4.98 Å². The number of para-hydroxylation sites is 1. The Hall–Kier alpha value is -1.73. The number of halogens is 2. The Balaban J connectivity index is 1.85. The minimum absolute atomic E-state index is 0.145. The number of ether oxygens (including phenoxy) is 2. The Labute approximate surface area is 124 Å². The van der Waals surface area contributed by atoms with E-state index in [4.69, 9.17) is 4.74 Å². The van der Waals surface area contributed by atoms with E-state index in [1.54, 1.807) is 18.2 Å². The van der Waals surface area contributed by atoms with E-state index in [1.807, 2.05) is 5.38 Å². The first-order valence-electron chi connectivity index (χ1n) is 6.56. The maximum Gasteiger partial charge on any atom is 0.387 e. The zero-order valence-corrected chi connectivity index (χ0v) is 12.0. The minimum Gasteiger partial charge on any atom is -0.434 e. The van der Waals surface area contributed by atoms with Gasteiger partial charge in [0.05, 0.1) is 18.9 Å². The predicted molar refractivity (Wildman–Crippen MR) is 77.2 cm³/mol. The molecule has 7 heteroatoms. The van der Waals surface area contributed by atoms with E-state index in [-0.39, 0.29) is 5.75 Å². The summed E-state index contributed by atoms with van der Waals surface area (Å²) in [5.41, 5.74) is 1.23. The molecule has 21 heavy (non-hydrogen) atoms. The fourth-order valence-electron chi connectivity index (χ4n) is 2.16. The van der Waals surface area contributed by atoms with E-state index in [0.29, 0.717) is 24.5 Å². The third kappa shape index (κ3) is 3.30. The molecule has 3 rings (SSSR count). The van der Waals surface area contributed by atoms with Gasteiger partial charge in [0.2, 0.25) is 0 Å². The van der Waals surface area contributed by atoms with Crippen LogP contribution in [0, 0.1) is 0 Å². The lowest BCUT2D eigenvalue weighted by atomic mass is 10.1. The summed E-state index contributed by atoms with van der Waals surface area (Å²) in [5, 5.41) is 2.73. The van der Waals surface area contributed by atoms with Crippen LogP contribution in [0.15, 0.2) is 29.6 Å². The van der Waals surface area contributed by atoms with Gasteiger partial charge in [0, 0.05) is 24.0 Å². The van der Waals surface area contributed by atoms with Gasteiger partial charge in [-0.1, -0.05) is 12.1 Å². The quantitative estimate of drug-likeness (QED) is 0.868. The van der Waals surface area contributed by atoms with Gasteiger partial charge in [-0.05, 0) is 12.1 Å². The number of hydrogen-bond donors (Lipinski definition) is 0. The van der Waals surface area contributed by atoms with Crippen LogP contribution >= 0.6 is 11.3 Å². The monoisotopic (exact) mass is 312 g/mol. The zero-order chi connectivity index (χ0) is 14.7. The highest BCUT2D eigenvalue weighted by Gasteiger charge is 2.17. The number of thiazole rings is 1. The van der Waals surface area contributed by atoms with Crippen LogP contribution in [-0.2, 0) is 4.74 Å². The summed E-state index contributed by atoms with van der Waals surface area (Å²) in [6.07, 6.45) is 0. The molecule has 1 aromatic heterocycles. The van der Waals surface area contributed by atoms with Crippen molar-refractivity contribution in [3.05, 3.63) is 29.6 Å². The topological polar surface area (TPSA) is 34.6 Å². The Morgan fingerprint density at radius 1 is 1.24 bits per heavy atom. The van der Waals surface area contributed by atoms with Crippen LogP contribution in [-0.4, -0.2) is 37.9 Å². The average Bonchev–Trinajstić information content (AvgIpc) is 2.98. The summed E-state index contributed by atoms with van der Waals surface area (Å²) in [6, 6.07) is 6.70. The number of morpholine rings is 1. The van der Waals surface area contributed by atoms with Gasteiger partial charge in [-0.15, -0.1) is 11.3 Å². The van der Waals surface area contributed by atoms with Gasteiger partial charge >= 0.3 is 6.61 Å². The average molecular weight is 312 g/mol. The molecule has 0 bridgehead atoms. The first-order chi connectivity index (χ1) is 10.2. The third-order valence-electron chi connectivity index (χ3n) is 3.15. The molecule has 1 saturated heterocycles. The van der Waals surface area contributed by atoms with Gasteiger partial charge in [0.1, 0.15) is 5.75 Å². The van der Waals surface area contributed by atoms with Crippen LogP contribution in [0.4, 0.5) is 13.9 Å². The lowest BCUT2D eigenvalue weighted by Crippen LogP contribution is -2.36. The number of aromatic nitrogens is 1. The van der Waals surface area contributed by atoms with Crippen LogP contribution in [0.25, 0.3) is 11.3 Å². The van der Waals surface area contributed by atoms with Gasteiger partial charge < -0.3 is 14.4 Å². The Morgan fingerprint density at radius 2 is 2.00 bits per heavy atom. The minimum atomic E-state index is -2.84. The summed E-state index contributed by atoms with van der Waals surface area (Å²) < 4.78 is 34.8. The summed E-state index contributed by atoms with van der Waals surface area (Å²) in [5.74, 6) is 0.145. The second-order valence-corrected chi connectivity index (χ2v) is 5.33. The Bertz CT molecular complexity index is 600.